The number of anilines is 1. The van der Waals surface area contributed by atoms with Gasteiger partial charge in [0.05, 0.1) is 10.6 Å². The van der Waals surface area contributed by atoms with Crippen molar-refractivity contribution in [1.82, 2.24) is 10.2 Å². The normalized spacial score (nSPS) is 14.4. The number of carbonyl (C=O) groups is 3. The Hall–Kier alpha value is -4.80. The molecule has 2 aromatic carbocycles. The van der Waals surface area contributed by atoms with E-state index in [1.807, 2.05) is 0 Å². The Kier molecular flexibility index (Phi) is 5.92. The third-order valence-electron chi connectivity index (χ3n) is 5.02. The van der Waals surface area contributed by atoms with Gasteiger partial charge in [0.15, 0.2) is 0 Å². The number of amides is 4. The van der Waals surface area contributed by atoms with E-state index in [0.29, 0.717) is 16.2 Å². The van der Waals surface area contributed by atoms with Crippen LogP contribution < -0.4 is 10.6 Å². The summed E-state index contributed by atoms with van der Waals surface area (Å²) in [6, 6.07) is 12.2. The number of hydrogen-bond donors (Lipinski definition) is 2. The maximum absolute atomic E-state index is 13.7. The predicted octanol–water partition coefficient (Wildman–Crippen LogP) is 3.83. The molecule has 0 saturated carbocycles. The first-order valence-electron chi connectivity index (χ1n) is 9.97. The second kappa shape index (κ2) is 8.98. The third kappa shape index (κ3) is 4.53. The lowest BCUT2D eigenvalue weighted by Crippen LogP contribution is -2.38. The van der Waals surface area contributed by atoms with E-state index in [-0.39, 0.29) is 22.8 Å². The molecule has 2 heterocycles. The van der Waals surface area contributed by atoms with E-state index in [4.69, 9.17) is 4.42 Å². The number of carbonyl (C=O) groups excluding carboxylic acids is 3. The minimum atomic E-state index is -0.818. The summed E-state index contributed by atoms with van der Waals surface area (Å²) in [6.07, 6.45) is 1.28. The minimum Gasteiger partial charge on any atom is -0.457 e. The van der Waals surface area contributed by atoms with Crippen molar-refractivity contribution in [3.8, 4) is 11.3 Å². The predicted molar refractivity (Wildman–Crippen MR) is 119 cm³/mol. The van der Waals surface area contributed by atoms with Gasteiger partial charge in [-0.05, 0) is 36.8 Å². The number of urea groups is 1. The largest absolute Gasteiger partial charge is 0.457 e. The number of nitrogens with one attached hydrogen (secondary N) is 2. The standard InChI is InChI=1S/C23H17FN4O6/c1-13-6-7-14(28(32)33)10-16(13)20-9-8-15(34-20)11-19-22(30)27(23(31)26-19)12-21(29)25-18-5-3-2-4-17(18)24/h2-11H,12H2,1H3,(H,25,29)(H,26,31)/b19-11+. The molecule has 3 aromatic rings. The van der Waals surface area contributed by atoms with Gasteiger partial charge >= 0.3 is 6.03 Å². The molecule has 0 unspecified atom stereocenters. The quantitative estimate of drug-likeness (QED) is 0.246. The van der Waals surface area contributed by atoms with Gasteiger partial charge < -0.3 is 15.1 Å². The van der Waals surface area contributed by atoms with Crippen LogP contribution in [0.4, 0.5) is 20.6 Å². The van der Waals surface area contributed by atoms with Gasteiger partial charge in [-0.25, -0.2) is 14.1 Å². The van der Waals surface area contributed by atoms with Gasteiger partial charge in [0.25, 0.3) is 11.6 Å². The Morgan fingerprint density at radius 2 is 1.97 bits per heavy atom. The fraction of sp³-hybridized carbons (Fsp3) is 0.0870. The second-order valence-corrected chi connectivity index (χ2v) is 7.37. The van der Waals surface area contributed by atoms with Crippen LogP contribution in [0.5, 0.6) is 0 Å². The van der Waals surface area contributed by atoms with E-state index < -0.39 is 35.1 Å². The number of imide groups is 1. The van der Waals surface area contributed by atoms with Crippen LogP contribution in [0.25, 0.3) is 17.4 Å². The first-order valence-corrected chi connectivity index (χ1v) is 9.97. The molecule has 1 aliphatic rings. The number of halogens is 1. The van der Waals surface area contributed by atoms with Gasteiger partial charge in [-0.3, -0.25) is 19.7 Å². The van der Waals surface area contributed by atoms with Gasteiger partial charge in [-0.2, -0.15) is 0 Å². The first-order chi connectivity index (χ1) is 16.2. The molecule has 4 amide bonds. The van der Waals surface area contributed by atoms with Crippen molar-refractivity contribution in [2.45, 2.75) is 6.92 Å². The highest BCUT2D eigenvalue weighted by molar-refractivity contribution is 6.15. The van der Waals surface area contributed by atoms with Crippen molar-refractivity contribution >= 4 is 35.3 Å². The lowest BCUT2D eigenvalue weighted by atomic mass is 10.1. The molecular weight excluding hydrogens is 447 g/mol. The maximum atomic E-state index is 13.7. The lowest BCUT2D eigenvalue weighted by Gasteiger charge is -2.12. The average Bonchev–Trinajstić information content (AvgIpc) is 3.36. The molecule has 10 nitrogen and oxygen atoms in total. The van der Waals surface area contributed by atoms with E-state index in [0.717, 1.165) is 11.6 Å². The number of aryl methyl sites for hydroxylation is 1. The Bertz CT molecular complexity index is 1360. The summed E-state index contributed by atoms with van der Waals surface area (Å²) in [5, 5.41) is 15.7. The van der Waals surface area contributed by atoms with Gasteiger partial charge in [0, 0.05) is 23.8 Å². The lowest BCUT2D eigenvalue weighted by molar-refractivity contribution is -0.384. The molecule has 1 saturated heterocycles. The topological polar surface area (TPSA) is 135 Å². The van der Waals surface area contributed by atoms with Gasteiger partial charge in [0.2, 0.25) is 5.91 Å². The van der Waals surface area contributed by atoms with Crippen LogP contribution in [0, 0.1) is 22.9 Å². The number of para-hydroxylation sites is 1. The van der Waals surface area contributed by atoms with Gasteiger partial charge in [-0.1, -0.05) is 18.2 Å². The van der Waals surface area contributed by atoms with Crippen molar-refractivity contribution in [3.63, 3.8) is 0 Å². The molecule has 1 fully saturated rings. The number of hydrogen-bond acceptors (Lipinski definition) is 6. The Balaban J connectivity index is 1.49. The summed E-state index contributed by atoms with van der Waals surface area (Å²) >= 11 is 0. The van der Waals surface area contributed by atoms with E-state index in [2.05, 4.69) is 10.6 Å². The van der Waals surface area contributed by atoms with E-state index in [1.165, 1.54) is 42.5 Å². The molecule has 0 bridgehead atoms. The number of rotatable bonds is 6. The van der Waals surface area contributed by atoms with Crippen LogP contribution in [-0.4, -0.2) is 34.2 Å². The summed E-state index contributed by atoms with van der Waals surface area (Å²) in [6.45, 7) is 1.15. The Morgan fingerprint density at radius 3 is 2.71 bits per heavy atom. The summed E-state index contributed by atoms with van der Waals surface area (Å²) in [4.78, 5) is 48.3. The zero-order valence-electron chi connectivity index (χ0n) is 17.7. The molecule has 1 aliphatic heterocycles. The van der Waals surface area contributed by atoms with Crippen LogP contribution in [0.3, 0.4) is 0 Å². The highest BCUT2D eigenvalue weighted by Crippen LogP contribution is 2.30. The SMILES string of the molecule is Cc1ccc([N+](=O)[O-])cc1-c1ccc(/C=C2/NC(=O)N(CC(=O)Nc3ccccc3F)C2=O)o1. The molecule has 34 heavy (non-hydrogen) atoms. The van der Waals surface area contributed by atoms with Crippen molar-refractivity contribution in [3.05, 3.63) is 87.5 Å². The van der Waals surface area contributed by atoms with E-state index in [1.54, 1.807) is 19.1 Å². The van der Waals surface area contributed by atoms with Crippen molar-refractivity contribution in [2.75, 3.05) is 11.9 Å². The summed E-state index contributed by atoms with van der Waals surface area (Å²) in [5.74, 6) is -1.62. The van der Waals surface area contributed by atoms with Crippen molar-refractivity contribution in [1.29, 1.82) is 0 Å². The second-order valence-electron chi connectivity index (χ2n) is 7.37. The maximum Gasteiger partial charge on any atom is 0.329 e. The summed E-state index contributed by atoms with van der Waals surface area (Å²) in [7, 11) is 0. The number of nitro groups is 1. The monoisotopic (exact) mass is 464 g/mol. The molecule has 2 N–H and O–H groups in total. The van der Waals surface area contributed by atoms with Crippen LogP contribution in [0.15, 0.2) is 64.7 Å². The molecule has 4 rings (SSSR count). The van der Waals surface area contributed by atoms with Crippen molar-refractivity contribution < 1.29 is 28.1 Å². The average molecular weight is 464 g/mol. The minimum absolute atomic E-state index is 0.0742. The summed E-state index contributed by atoms with van der Waals surface area (Å²) in [5.41, 5.74) is 0.957. The summed E-state index contributed by atoms with van der Waals surface area (Å²) < 4.78 is 19.4. The number of nitrogens with zero attached hydrogens (tertiary/aromatic N) is 2. The molecular formula is C23H17FN4O6. The molecule has 0 aliphatic carbocycles. The number of non-ortho nitro benzene ring substituents is 1. The zero-order chi connectivity index (χ0) is 24.4. The smallest absolute Gasteiger partial charge is 0.329 e. The molecule has 1 aromatic heterocycles. The van der Waals surface area contributed by atoms with Gasteiger partial charge in [0.1, 0.15) is 29.6 Å². The fourth-order valence-electron chi connectivity index (χ4n) is 3.32. The number of nitro benzene ring substituents is 1. The first kappa shape index (κ1) is 22.4. The van der Waals surface area contributed by atoms with Crippen LogP contribution in [0.2, 0.25) is 0 Å². The molecule has 0 radical (unpaired) electrons. The zero-order valence-corrected chi connectivity index (χ0v) is 17.7. The molecule has 0 atom stereocenters. The van der Waals surface area contributed by atoms with Crippen LogP contribution in [-0.2, 0) is 9.59 Å². The fourth-order valence-corrected chi connectivity index (χ4v) is 3.32. The van der Waals surface area contributed by atoms with E-state index >= 15 is 0 Å². The highest BCUT2D eigenvalue weighted by atomic mass is 19.1. The molecule has 11 heteroatoms. The molecule has 172 valence electrons. The van der Waals surface area contributed by atoms with Crippen LogP contribution in [0.1, 0.15) is 11.3 Å². The number of benzene rings is 2. The number of furan rings is 1. The third-order valence-corrected chi connectivity index (χ3v) is 5.02. The van der Waals surface area contributed by atoms with Crippen molar-refractivity contribution in [2.24, 2.45) is 0 Å². The van der Waals surface area contributed by atoms with Gasteiger partial charge in [-0.15, -0.1) is 0 Å². The molecule has 0 spiro atoms. The van der Waals surface area contributed by atoms with E-state index in [9.17, 15) is 28.9 Å². The highest BCUT2D eigenvalue weighted by Gasteiger charge is 2.35. The van der Waals surface area contributed by atoms with Crippen LogP contribution >= 0.6 is 0 Å². The Morgan fingerprint density at radius 1 is 1.21 bits per heavy atom. The Labute approximate surface area is 191 Å².